The fraction of sp³-hybridized carbons (Fsp3) is 0.611. The van der Waals surface area contributed by atoms with Crippen LogP contribution in [0.15, 0.2) is 24.3 Å². The van der Waals surface area contributed by atoms with Crippen LogP contribution in [-0.2, 0) is 5.41 Å². The molecule has 0 saturated carbocycles. The van der Waals surface area contributed by atoms with Crippen molar-refractivity contribution in [3.8, 4) is 0 Å². The van der Waals surface area contributed by atoms with Gasteiger partial charge in [-0.2, -0.15) is 0 Å². The second kappa shape index (κ2) is 7.61. The van der Waals surface area contributed by atoms with E-state index < -0.39 is 0 Å². The van der Waals surface area contributed by atoms with Crippen LogP contribution in [-0.4, -0.2) is 0 Å². The van der Waals surface area contributed by atoms with E-state index in [0.29, 0.717) is 5.41 Å². The van der Waals surface area contributed by atoms with Gasteiger partial charge in [-0.15, -0.1) is 0 Å². The molecule has 1 radical (unpaired) electrons. The van der Waals surface area contributed by atoms with Gasteiger partial charge in [-0.25, -0.2) is 0 Å². The van der Waals surface area contributed by atoms with Gasteiger partial charge in [-0.1, -0.05) is 70.7 Å². The van der Waals surface area contributed by atoms with Crippen molar-refractivity contribution >= 4 is 0 Å². The number of benzene rings is 1. The number of rotatable bonds is 8. The molecule has 1 aromatic rings. The Hall–Kier alpha value is -0.780. The lowest BCUT2D eigenvalue weighted by Gasteiger charge is -2.35. The largest absolute Gasteiger partial charge is 0.0654 e. The first-order valence-electron chi connectivity index (χ1n) is 7.61. The zero-order valence-corrected chi connectivity index (χ0v) is 12.5. The molecule has 0 heteroatoms. The second-order valence-corrected chi connectivity index (χ2v) is 5.50. The highest BCUT2D eigenvalue weighted by molar-refractivity contribution is 5.36. The lowest BCUT2D eigenvalue weighted by Crippen LogP contribution is -2.26. The van der Waals surface area contributed by atoms with Gasteiger partial charge in [0.2, 0.25) is 0 Å². The fourth-order valence-corrected chi connectivity index (χ4v) is 3.01. The smallest absolute Gasteiger partial charge is 0.00469 e. The van der Waals surface area contributed by atoms with Crippen LogP contribution in [0, 0.1) is 6.92 Å². The molecule has 18 heavy (non-hydrogen) atoms. The first-order chi connectivity index (χ1) is 8.70. The minimum Gasteiger partial charge on any atom is -0.0654 e. The highest BCUT2D eigenvalue weighted by Crippen LogP contribution is 2.39. The average Bonchev–Trinajstić information content (AvgIpc) is 2.41. The van der Waals surface area contributed by atoms with Crippen LogP contribution < -0.4 is 0 Å². The molecule has 0 atom stereocenters. The lowest BCUT2D eigenvalue weighted by atomic mass is 9.69. The third-order valence-electron chi connectivity index (χ3n) is 4.28. The maximum Gasteiger partial charge on any atom is -0.00469 e. The number of hydrogen-bond acceptors (Lipinski definition) is 0. The topological polar surface area (TPSA) is 0 Å². The molecule has 1 rings (SSSR count). The molecule has 0 aliphatic heterocycles. The monoisotopic (exact) mass is 245 g/mol. The molecule has 0 amide bonds. The number of unbranched alkanes of at least 4 members (excludes halogenated alkanes) is 2. The first kappa shape index (κ1) is 15.3. The maximum atomic E-state index is 4.25. The highest BCUT2D eigenvalue weighted by atomic mass is 14.3. The van der Waals surface area contributed by atoms with E-state index in [2.05, 4.69) is 52.0 Å². The van der Waals surface area contributed by atoms with Gasteiger partial charge in [0, 0.05) is 0 Å². The summed E-state index contributed by atoms with van der Waals surface area (Å²) in [5.41, 5.74) is 3.09. The van der Waals surface area contributed by atoms with Gasteiger partial charge in [0.05, 0.1) is 0 Å². The molecule has 0 nitrogen and oxygen atoms in total. The Kier molecular flexibility index (Phi) is 6.46. The first-order valence-corrected chi connectivity index (χ1v) is 7.61. The summed E-state index contributed by atoms with van der Waals surface area (Å²) in [5.74, 6) is 0. The quantitative estimate of drug-likeness (QED) is 0.535. The van der Waals surface area contributed by atoms with E-state index in [1.807, 2.05) is 0 Å². The summed E-state index contributed by atoms with van der Waals surface area (Å²) < 4.78 is 0. The van der Waals surface area contributed by atoms with Gasteiger partial charge in [0.15, 0.2) is 0 Å². The van der Waals surface area contributed by atoms with Crippen molar-refractivity contribution in [1.82, 2.24) is 0 Å². The van der Waals surface area contributed by atoms with Crippen LogP contribution in [0.1, 0.15) is 76.8 Å². The Balaban J connectivity index is 3.04. The third kappa shape index (κ3) is 3.60. The van der Waals surface area contributed by atoms with Crippen molar-refractivity contribution in [2.45, 2.75) is 71.1 Å². The van der Waals surface area contributed by atoms with Crippen LogP contribution in [0.4, 0.5) is 0 Å². The second-order valence-electron chi connectivity index (χ2n) is 5.50. The zero-order valence-electron chi connectivity index (χ0n) is 12.5. The minimum absolute atomic E-state index is 0.365. The highest BCUT2D eigenvalue weighted by Gasteiger charge is 2.30. The van der Waals surface area contributed by atoms with E-state index in [4.69, 9.17) is 0 Å². The van der Waals surface area contributed by atoms with E-state index in [0.717, 1.165) is 0 Å². The molecule has 0 spiro atoms. The van der Waals surface area contributed by atoms with Gasteiger partial charge in [-0.05, 0) is 42.7 Å². The molecule has 0 bridgehead atoms. The fourth-order valence-electron chi connectivity index (χ4n) is 3.01. The minimum atomic E-state index is 0.365. The van der Waals surface area contributed by atoms with Crippen molar-refractivity contribution in [1.29, 1.82) is 0 Å². The SMILES string of the molecule is [CH2]c1ccccc1C(CC)(CCCC)CCCC. The van der Waals surface area contributed by atoms with E-state index in [1.165, 1.54) is 56.1 Å². The summed E-state index contributed by atoms with van der Waals surface area (Å²) in [6.07, 6.45) is 9.08. The Morgan fingerprint density at radius 3 is 1.94 bits per heavy atom. The van der Waals surface area contributed by atoms with E-state index in [9.17, 15) is 0 Å². The molecule has 0 fully saturated rings. The molecule has 0 heterocycles. The Labute approximate surface area is 114 Å². The summed E-state index contributed by atoms with van der Waals surface area (Å²) in [5, 5.41) is 0. The number of hydrogen-bond donors (Lipinski definition) is 0. The van der Waals surface area contributed by atoms with E-state index in [-0.39, 0.29) is 0 Å². The molecule has 0 aliphatic rings. The zero-order chi connectivity index (χ0) is 13.4. The van der Waals surface area contributed by atoms with Gasteiger partial charge in [0.1, 0.15) is 0 Å². The van der Waals surface area contributed by atoms with Gasteiger partial charge in [0.25, 0.3) is 0 Å². The maximum absolute atomic E-state index is 4.25. The van der Waals surface area contributed by atoms with Gasteiger partial charge in [-0.3, -0.25) is 0 Å². The van der Waals surface area contributed by atoms with E-state index >= 15 is 0 Å². The van der Waals surface area contributed by atoms with Crippen LogP contribution in [0.25, 0.3) is 0 Å². The summed E-state index contributed by atoms with van der Waals surface area (Å²) in [7, 11) is 0. The van der Waals surface area contributed by atoms with Crippen molar-refractivity contribution in [3.63, 3.8) is 0 Å². The lowest BCUT2D eigenvalue weighted by molar-refractivity contribution is 0.329. The molecule has 0 saturated heterocycles. The molecular formula is C18H29. The Morgan fingerprint density at radius 1 is 0.944 bits per heavy atom. The summed E-state index contributed by atoms with van der Waals surface area (Å²) >= 11 is 0. The van der Waals surface area contributed by atoms with Crippen LogP contribution in [0.3, 0.4) is 0 Å². The Bertz CT molecular complexity index is 330. The van der Waals surface area contributed by atoms with Gasteiger partial charge >= 0.3 is 0 Å². The summed E-state index contributed by atoms with van der Waals surface area (Å²) in [6, 6.07) is 8.74. The predicted octanol–water partition coefficient (Wildman–Crippen LogP) is 5.90. The van der Waals surface area contributed by atoms with Crippen LogP contribution >= 0.6 is 0 Å². The molecule has 0 aromatic heterocycles. The standard InChI is InChI=1S/C18H29/c1-5-8-14-18(7-3,15-9-6-2)17-13-11-10-12-16(17)4/h10-13H,4-9,14-15H2,1-3H3. The molecule has 0 unspecified atom stereocenters. The molecule has 0 N–H and O–H groups in total. The average molecular weight is 245 g/mol. The predicted molar refractivity (Wildman–Crippen MR) is 81.9 cm³/mol. The summed E-state index contributed by atoms with van der Waals surface area (Å²) in [6.45, 7) is 11.2. The molecule has 1 aromatic carbocycles. The summed E-state index contributed by atoms with van der Waals surface area (Å²) in [4.78, 5) is 0. The van der Waals surface area contributed by atoms with Crippen molar-refractivity contribution in [3.05, 3.63) is 42.3 Å². The van der Waals surface area contributed by atoms with Crippen molar-refractivity contribution < 1.29 is 0 Å². The van der Waals surface area contributed by atoms with Gasteiger partial charge < -0.3 is 0 Å². The van der Waals surface area contributed by atoms with Crippen LogP contribution in [0.2, 0.25) is 0 Å². The van der Waals surface area contributed by atoms with E-state index in [1.54, 1.807) is 0 Å². The molecule has 0 aliphatic carbocycles. The van der Waals surface area contributed by atoms with Crippen LogP contribution in [0.5, 0.6) is 0 Å². The van der Waals surface area contributed by atoms with Crippen molar-refractivity contribution in [2.24, 2.45) is 0 Å². The normalized spacial score (nSPS) is 11.8. The van der Waals surface area contributed by atoms with Crippen molar-refractivity contribution in [2.75, 3.05) is 0 Å². The third-order valence-corrected chi connectivity index (χ3v) is 4.28. The molecule has 101 valence electrons. The Morgan fingerprint density at radius 2 is 1.50 bits per heavy atom. The molecular weight excluding hydrogens is 216 g/mol.